The van der Waals surface area contributed by atoms with Crippen molar-refractivity contribution in [2.45, 2.75) is 0 Å². The lowest BCUT2D eigenvalue weighted by Crippen LogP contribution is -2.04. The number of para-hydroxylation sites is 1. The second-order valence-electron chi connectivity index (χ2n) is 3.95. The van der Waals surface area contributed by atoms with E-state index in [9.17, 15) is 4.79 Å². The fourth-order valence-electron chi connectivity index (χ4n) is 1.89. The van der Waals surface area contributed by atoms with E-state index in [0.29, 0.717) is 16.2 Å². The molecule has 0 atom stereocenters. The van der Waals surface area contributed by atoms with Crippen molar-refractivity contribution in [3.8, 4) is 5.69 Å². The zero-order valence-electron chi connectivity index (χ0n) is 9.62. The highest BCUT2D eigenvalue weighted by Gasteiger charge is 2.12. The second-order valence-corrected chi connectivity index (χ2v) is 4.39. The number of carboxylic acids is 1. The maximum Gasteiger partial charge on any atom is 0.354 e. The molecule has 0 aliphatic rings. The molecule has 19 heavy (non-hydrogen) atoms. The standard InChI is InChI=1S/C13H8ClN3O2/c14-8-6-15-17(7-8)12-5-11(13(18)19)16-10-4-2-1-3-9(10)12/h1-7H,(H,18,19). The molecular formula is C13H8ClN3O2. The molecule has 2 heterocycles. The van der Waals surface area contributed by atoms with Crippen molar-refractivity contribution in [1.29, 1.82) is 0 Å². The monoisotopic (exact) mass is 273 g/mol. The van der Waals surface area contributed by atoms with Crippen molar-refractivity contribution in [2.75, 3.05) is 0 Å². The number of carbonyl (C=O) groups is 1. The molecule has 1 aromatic carbocycles. The molecule has 94 valence electrons. The van der Waals surface area contributed by atoms with Gasteiger partial charge in [-0.05, 0) is 12.1 Å². The number of hydrogen-bond acceptors (Lipinski definition) is 3. The molecule has 0 bridgehead atoms. The first kappa shape index (κ1) is 11.7. The molecule has 0 saturated carbocycles. The van der Waals surface area contributed by atoms with Gasteiger partial charge in [-0.2, -0.15) is 5.10 Å². The maximum atomic E-state index is 11.1. The summed E-state index contributed by atoms with van der Waals surface area (Å²) >= 11 is 5.85. The van der Waals surface area contributed by atoms with Crippen molar-refractivity contribution in [2.24, 2.45) is 0 Å². The highest BCUT2D eigenvalue weighted by Crippen LogP contribution is 2.22. The average Bonchev–Trinajstić information content (AvgIpc) is 2.84. The number of nitrogens with zero attached hydrogens (tertiary/aromatic N) is 3. The minimum atomic E-state index is -1.08. The molecule has 0 aliphatic carbocycles. The van der Waals surface area contributed by atoms with Gasteiger partial charge in [-0.1, -0.05) is 29.8 Å². The quantitative estimate of drug-likeness (QED) is 0.779. The summed E-state index contributed by atoms with van der Waals surface area (Å²) in [6.07, 6.45) is 3.12. The summed E-state index contributed by atoms with van der Waals surface area (Å²) in [5.41, 5.74) is 1.21. The van der Waals surface area contributed by atoms with E-state index >= 15 is 0 Å². The predicted molar refractivity (Wildman–Crippen MR) is 70.8 cm³/mol. The summed E-state index contributed by atoms with van der Waals surface area (Å²) in [6, 6.07) is 8.77. The Morgan fingerprint density at radius 2 is 2.11 bits per heavy atom. The first-order valence-electron chi connectivity index (χ1n) is 5.49. The first-order valence-corrected chi connectivity index (χ1v) is 5.86. The van der Waals surface area contributed by atoms with Crippen LogP contribution in [-0.2, 0) is 0 Å². The number of hydrogen-bond donors (Lipinski definition) is 1. The van der Waals surface area contributed by atoms with E-state index in [1.165, 1.54) is 12.3 Å². The van der Waals surface area contributed by atoms with Crippen LogP contribution in [0, 0.1) is 0 Å². The lowest BCUT2D eigenvalue weighted by Gasteiger charge is -2.07. The number of halogens is 1. The third-order valence-corrected chi connectivity index (χ3v) is 2.91. The van der Waals surface area contributed by atoms with E-state index in [2.05, 4.69) is 10.1 Å². The molecule has 0 spiro atoms. The number of pyridine rings is 1. The fourth-order valence-corrected chi connectivity index (χ4v) is 2.02. The first-order chi connectivity index (χ1) is 9.15. The Morgan fingerprint density at radius 3 is 2.79 bits per heavy atom. The molecular weight excluding hydrogens is 266 g/mol. The van der Waals surface area contributed by atoms with Gasteiger partial charge in [0, 0.05) is 11.6 Å². The number of benzene rings is 1. The summed E-state index contributed by atoms with van der Waals surface area (Å²) in [5, 5.41) is 14.5. The lowest BCUT2D eigenvalue weighted by molar-refractivity contribution is 0.0691. The van der Waals surface area contributed by atoms with Crippen LogP contribution in [0.5, 0.6) is 0 Å². The second kappa shape index (κ2) is 4.37. The van der Waals surface area contributed by atoms with E-state index in [1.54, 1.807) is 23.0 Å². The van der Waals surface area contributed by atoms with Crippen LogP contribution in [-0.4, -0.2) is 25.8 Å². The highest BCUT2D eigenvalue weighted by atomic mass is 35.5. The van der Waals surface area contributed by atoms with Crippen LogP contribution < -0.4 is 0 Å². The molecule has 5 nitrogen and oxygen atoms in total. The fraction of sp³-hybridized carbons (Fsp3) is 0. The molecule has 0 fully saturated rings. The molecule has 0 amide bonds. The summed E-state index contributed by atoms with van der Waals surface area (Å²) in [7, 11) is 0. The Hall–Kier alpha value is -2.40. The Kier molecular flexibility index (Phi) is 2.68. The molecule has 0 saturated heterocycles. The van der Waals surface area contributed by atoms with Crippen molar-refractivity contribution in [1.82, 2.24) is 14.8 Å². The highest BCUT2D eigenvalue weighted by molar-refractivity contribution is 6.30. The van der Waals surface area contributed by atoms with E-state index < -0.39 is 5.97 Å². The number of rotatable bonds is 2. The molecule has 0 aliphatic heterocycles. The zero-order chi connectivity index (χ0) is 13.4. The molecule has 0 radical (unpaired) electrons. The Morgan fingerprint density at radius 1 is 1.32 bits per heavy atom. The van der Waals surface area contributed by atoms with Crippen molar-refractivity contribution < 1.29 is 9.90 Å². The summed E-state index contributed by atoms with van der Waals surface area (Å²) in [4.78, 5) is 15.2. The number of fused-ring (bicyclic) bond motifs is 1. The van der Waals surface area contributed by atoms with Gasteiger partial charge in [0.15, 0.2) is 5.69 Å². The third-order valence-electron chi connectivity index (χ3n) is 2.71. The van der Waals surface area contributed by atoms with Crippen LogP contribution in [0.15, 0.2) is 42.7 Å². The van der Waals surface area contributed by atoms with E-state index in [0.717, 1.165) is 5.39 Å². The van der Waals surface area contributed by atoms with Gasteiger partial charge in [-0.25, -0.2) is 14.5 Å². The van der Waals surface area contributed by atoms with E-state index in [1.807, 2.05) is 12.1 Å². The van der Waals surface area contributed by atoms with E-state index in [4.69, 9.17) is 16.7 Å². The van der Waals surface area contributed by atoms with Gasteiger partial charge in [0.1, 0.15) is 0 Å². The van der Waals surface area contributed by atoms with Gasteiger partial charge < -0.3 is 5.11 Å². The lowest BCUT2D eigenvalue weighted by atomic mass is 10.1. The number of carboxylic acid groups (broad SMARTS) is 1. The van der Waals surface area contributed by atoms with Gasteiger partial charge in [-0.3, -0.25) is 0 Å². The minimum Gasteiger partial charge on any atom is -0.477 e. The van der Waals surface area contributed by atoms with Crippen molar-refractivity contribution >= 4 is 28.5 Å². The topological polar surface area (TPSA) is 68.0 Å². The average molecular weight is 274 g/mol. The van der Waals surface area contributed by atoms with Crippen LogP contribution in [0.25, 0.3) is 16.6 Å². The molecule has 0 unspecified atom stereocenters. The largest absolute Gasteiger partial charge is 0.477 e. The molecule has 2 aromatic heterocycles. The van der Waals surface area contributed by atoms with Gasteiger partial charge >= 0.3 is 5.97 Å². The number of aromatic nitrogens is 3. The molecule has 6 heteroatoms. The smallest absolute Gasteiger partial charge is 0.354 e. The maximum absolute atomic E-state index is 11.1. The van der Waals surface area contributed by atoms with Crippen LogP contribution in [0.2, 0.25) is 5.02 Å². The normalized spacial score (nSPS) is 10.8. The Labute approximate surface area is 113 Å². The van der Waals surface area contributed by atoms with E-state index in [-0.39, 0.29) is 5.69 Å². The molecule has 3 rings (SSSR count). The van der Waals surface area contributed by atoms with Crippen LogP contribution in [0.4, 0.5) is 0 Å². The minimum absolute atomic E-state index is 0.0275. The van der Waals surface area contributed by atoms with Gasteiger partial charge in [-0.15, -0.1) is 0 Å². The van der Waals surface area contributed by atoms with Crippen LogP contribution >= 0.6 is 11.6 Å². The predicted octanol–water partition coefficient (Wildman–Crippen LogP) is 2.77. The van der Waals surface area contributed by atoms with Crippen LogP contribution in [0.3, 0.4) is 0 Å². The summed E-state index contributed by atoms with van der Waals surface area (Å²) in [6.45, 7) is 0. The Bertz CT molecular complexity index is 782. The van der Waals surface area contributed by atoms with Crippen LogP contribution in [0.1, 0.15) is 10.5 Å². The third kappa shape index (κ3) is 2.04. The van der Waals surface area contributed by atoms with Gasteiger partial charge in [0.25, 0.3) is 0 Å². The molecule has 1 N–H and O–H groups in total. The SMILES string of the molecule is O=C(O)c1cc(-n2cc(Cl)cn2)c2ccccc2n1. The van der Waals surface area contributed by atoms with Gasteiger partial charge in [0.05, 0.1) is 22.4 Å². The van der Waals surface area contributed by atoms with Gasteiger partial charge in [0.2, 0.25) is 0 Å². The van der Waals surface area contributed by atoms with Crippen molar-refractivity contribution in [3.05, 3.63) is 53.4 Å². The molecule has 3 aromatic rings. The summed E-state index contributed by atoms with van der Waals surface area (Å²) < 4.78 is 1.54. The van der Waals surface area contributed by atoms with Crippen molar-refractivity contribution in [3.63, 3.8) is 0 Å². The number of aromatic carboxylic acids is 1. The zero-order valence-corrected chi connectivity index (χ0v) is 10.4. The summed E-state index contributed by atoms with van der Waals surface area (Å²) in [5.74, 6) is -1.08. The Balaban J connectivity index is 2.35.